The topological polar surface area (TPSA) is 132 Å². The quantitative estimate of drug-likeness (QED) is 0.0313. The molecule has 0 fully saturated rings. The predicted molar refractivity (Wildman–Crippen MR) is 224 cm³/mol. The Hall–Kier alpha value is -0.540. The van der Waals surface area contributed by atoms with E-state index in [1.165, 1.54) is 180 Å². The third kappa shape index (κ3) is 41.1. The lowest BCUT2D eigenvalue weighted by atomic mass is 10.0. The maximum Gasteiger partial charge on any atom is 0.472 e. The highest BCUT2D eigenvalue weighted by Gasteiger charge is 2.26. The van der Waals surface area contributed by atoms with Crippen molar-refractivity contribution in [3.05, 3.63) is 0 Å². The molecular weight excluding hydrogens is 703 g/mol. The highest BCUT2D eigenvalue weighted by molar-refractivity contribution is 7.47. The molecule has 0 aromatic carbocycles. The minimum atomic E-state index is -4.51. The van der Waals surface area contributed by atoms with E-state index in [-0.39, 0.29) is 25.6 Å². The maximum atomic E-state index is 12.6. The molecule has 0 aromatic rings. The lowest BCUT2D eigenvalue weighted by molar-refractivity contribution is -0.154. The zero-order valence-corrected chi connectivity index (χ0v) is 36.4. The Morgan fingerprint density at radius 1 is 0.500 bits per heavy atom. The molecule has 3 unspecified atom stereocenters. The van der Waals surface area contributed by atoms with Gasteiger partial charge >= 0.3 is 13.8 Å². The van der Waals surface area contributed by atoms with Crippen molar-refractivity contribution in [1.29, 1.82) is 0 Å². The van der Waals surface area contributed by atoms with E-state index in [0.717, 1.165) is 32.1 Å². The van der Waals surface area contributed by atoms with Crippen molar-refractivity contribution >= 4 is 13.8 Å². The summed E-state index contributed by atoms with van der Waals surface area (Å²) in [5.41, 5.74) is 0. The molecule has 0 aromatic heterocycles. The van der Waals surface area contributed by atoms with Crippen molar-refractivity contribution in [3.63, 3.8) is 0 Å². The summed E-state index contributed by atoms with van der Waals surface area (Å²) in [6.07, 6.45) is 40.6. The van der Waals surface area contributed by atoms with E-state index in [4.69, 9.17) is 23.6 Å². The molecule has 9 nitrogen and oxygen atoms in total. The van der Waals surface area contributed by atoms with Gasteiger partial charge in [0.15, 0.2) is 0 Å². The SMILES string of the molecule is CCCCCCCCCCCCCCCCCCCCCC(=O)OC(COCCCCCCCCCCCCCCCC)COP(=O)(O)OCC(O)CO. The number of aliphatic hydroxyl groups is 2. The molecule has 3 N–H and O–H groups in total. The van der Waals surface area contributed by atoms with Crippen molar-refractivity contribution in [1.82, 2.24) is 0 Å². The van der Waals surface area contributed by atoms with Crippen LogP contribution in [-0.2, 0) is 27.9 Å². The Labute approximate surface area is 333 Å². The highest BCUT2D eigenvalue weighted by atomic mass is 31.2. The van der Waals surface area contributed by atoms with E-state index in [9.17, 15) is 19.4 Å². The minimum absolute atomic E-state index is 0.0582. The predicted octanol–water partition coefficient (Wildman–Crippen LogP) is 12.7. The first-order valence-corrected chi connectivity index (χ1v) is 24.5. The first-order valence-electron chi connectivity index (χ1n) is 23.0. The number of esters is 1. The van der Waals surface area contributed by atoms with Gasteiger partial charge in [0.1, 0.15) is 12.2 Å². The Morgan fingerprint density at radius 3 is 1.20 bits per heavy atom. The maximum absolute atomic E-state index is 12.6. The van der Waals surface area contributed by atoms with E-state index in [0.29, 0.717) is 6.61 Å². The number of ether oxygens (including phenoxy) is 2. The van der Waals surface area contributed by atoms with Gasteiger partial charge in [-0.05, 0) is 12.8 Å². The summed E-state index contributed by atoms with van der Waals surface area (Å²) in [4.78, 5) is 22.6. The summed E-state index contributed by atoms with van der Waals surface area (Å²) >= 11 is 0. The van der Waals surface area contributed by atoms with Crippen LogP contribution in [0.15, 0.2) is 0 Å². The number of carbonyl (C=O) groups is 1. The van der Waals surface area contributed by atoms with Crippen molar-refractivity contribution in [2.45, 2.75) is 244 Å². The number of rotatable bonds is 45. The average molecular weight is 793 g/mol. The van der Waals surface area contributed by atoms with Crippen molar-refractivity contribution in [2.75, 3.05) is 33.0 Å². The van der Waals surface area contributed by atoms with Crippen LogP contribution >= 0.6 is 7.82 Å². The molecule has 0 heterocycles. The number of hydrogen-bond acceptors (Lipinski definition) is 8. The number of unbranched alkanes of at least 4 members (excludes halogenated alkanes) is 31. The van der Waals surface area contributed by atoms with Gasteiger partial charge in [0.25, 0.3) is 0 Å². The van der Waals surface area contributed by atoms with Crippen LogP contribution in [0.2, 0.25) is 0 Å². The van der Waals surface area contributed by atoms with Crippen LogP contribution in [0.25, 0.3) is 0 Å². The Kier molecular flexibility index (Phi) is 41.7. The van der Waals surface area contributed by atoms with Crippen LogP contribution < -0.4 is 0 Å². The standard InChI is InChI=1S/C44H89O9P/c1-3-5-7-9-11-13-15-17-19-20-21-22-23-24-26-28-30-32-34-36-44(47)53-43(41-52-54(48,49)51-39-42(46)38-45)40-50-37-35-33-31-29-27-25-18-16-14-12-10-8-6-4-2/h42-43,45-46H,3-41H2,1-2H3,(H,48,49). The van der Waals surface area contributed by atoms with E-state index >= 15 is 0 Å². The second-order valence-electron chi connectivity index (χ2n) is 15.8. The molecular formula is C44H89O9P. The van der Waals surface area contributed by atoms with Crippen LogP contribution in [-0.4, -0.2) is 66.3 Å². The monoisotopic (exact) mass is 793 g/mol. The fourth-order valence-corrected chi connectivity index (χ4v) is 7.56. The third-order valence-electron chi connectivity index (χ3n) is 10.3. The first kappa shape index (κ1) is 53.5. The molecule has 0 spiro atoms. The number of phosphoric acid groups is 1. The van der Waals surface area contributed by atoms with Gasteiger partial charge in [-0.15, -0.1) is 0 Å². The molecule has 0 amide bonds. The zero-order valence-electron chi connectivity index (χ0n) is 35.5. The van der Waals surface area contributed by atoms with Crippen molar-refractivity contribution in [2.24, 2.45) is 0 Å². The molecule has 0 bridgehead atoms. The van der Waals surface area contributed by atoms with E-state index in [2.05, 4.69) is 13.8 Å². The molecule has 0 aliphatic heterocycles. The minimum Gasteiger partial charge on any atom is -0.457 e. The number of phosphoric ester groups is 1. The van der Waals surface area contributed by atoms with Crippen molar-refractivity contribution in [3.8, 4) is 0 Å². The van der Waals surface area contributed by atoms with Crippen molar-refractivity contribution < 1.29 is 43.0 Å². The fraction of sp³-hybridized carbons (Fsp3) is 0.977. The summed E-state index contributed by atoms with van der Waals surface area (Å²) in [5.74, 6) is -0.375. The molecule has 54 heavy (non-hydrogen) atoms. The molecule has 0 rings (SSSR count). The largest absolute Gasteiger partial charge is 0.472 e. The molecule has 0 radical (unpaired) electrons. The van der Waals surface area contributed by atoms with Crippen LogP contribution in [0, 0.1) is 0 Å². The Bertz CT molecular complexity index is 815. The number of aliphatic hydroxyl groups excluding tert-OH is 2. The molecule has 10 heteroatoms. The molecule has 0 saturated carbocycles. The van der Waals surface area contributed by atoms with Gasteiger partial charge in [-0.2, -0.15) is 0 Å². The average Bonchev–Trinajstić information content (AvgIpc) is 3.16. The van der Waals surface area contributed by atoms with Gasteiger partial charge in [-0.3, -0.25) is 13.8 Å². The summed E-state index contributed by atoms with van der Waals surface area (Å²) in [6, 6.07) is 0. The van der Waals surface area contributed by atoms with Gasteiger partial charge in [0.05, 0.1) is 26.4 Å². The molecule has 324 valence electrons. The van der Waals surface area contributed by atoms with Gasteiger partial charge in [-0.25, -0.2) is 4.57 Å². The Balaban J connectivity index is 4.07. The number of hydrogen-bond donors (Lipinski definition) is 3. The zero-order chi connectivity index (χ0) is 39.6. The molecule has 0 saturated heterocycles. The van der Waals surface area contributed by atoms with E-state index < -0.39 is 33.2 Å². The van der Waals surface area contributed by atoms with Crippen LogP contribution in [0.5, 0.6) is 0 Å². The Morgan fingerprint density at radius 2 is 0.833 bits per heavy atom. The molecule has 3 atom stereocenters. The summed E-state index contributed by atoms with van der Waals surface area (Å²) in [6.45, 7) is 3.58. The summed E-state index contributed by atoms with van der Waals surface area (Å²) in [5, 5.41) is 18.4. The molecule has 0 aliphatic rings. The van der Waals surface area contributed by atoms with E-state index in [1.807, 2.05) is 0 Å². The van der Waals surface area contributed by atoms with Gasteiger partial charge in [0.2, 0.25) is 0 Å². The van der Waals surface area contributed by atoms with Crippen LogP contribution in [0.1, 0.15) is 232 Å². The van der Waals surface area contributed by atoms with Gasteiger partial charge < -0.3 is 24.6 Å². The van der Waals surface area contributed by atoms with Gasteiger partial charge in [0, 0.05) is 13.0 Å². The normalized spacial score (nSPS) is 13.9. The molecule has 0 aliphatic carbocycles. The smallest absolute Gasteiger partial charge is 0.457 e. The summed E-state index contributed by atoms with van der Waals surface area (Å²) in [7, 11) is -4.51. The fourth-order valence-electron chi connectivity index (χ4n) is 6.77. The first-order chi connectivity index (χ1) is 26.3. The highest BCUT2D eigenvalue weighted by Crippen LogP contribution is 2.43. The lowest BCUT2D eigenvalue weighted by Gasteiger charge is -2.20. The second-order valence-corrected chi connectivity index (χ2v) is 17.2. The summed E-state index contributed by atoms with van der Waals surface area (Å²) < 4.78 is 33.4. The van der Waals surface area contributed by atoms with Crippen LogP contribution in [0.3, 0.4) is 0 Å². The third-order valence-corrected chi connectivity index (χ3v) is 11.2. The second kappa shape index (κ2) is 42.1. The van der Waals surface area contributed by atoms with Gasteiger partial charge in [-0.1, -0.05) is 213 Å². The number of carbonyl (C=O) groups excluding carboxylic acids is 1. The lowest BCUT2D eigenvalue weighted by Crippen LogP contribution is -2.29. The van der Waals surface area contributed by atoms with Crippen LogP contribution in [0.4, 0.5) is 0 Å². The van der Waals surface area contributed by atoms with E-state index in [1.54, 1.807) is 0 Å².